The molecule has 0 bridgehead atoms. The number of aromatic amines is 1. The van der Waals surface area contributed by atoms with Crippen molar-refractivity contribution in [1.29, 1.82) is 0 Å². The Bertz CT molecular complexity index is 923. The molecule has 4 nitrogen and oxygen atoms in total. The van der Waals surface area contributed by atoms with Gasteiger partial charge < -0.3 is 14.5 Å². The number of nitrogens with one attached hydrogen (secondary N) is 1. The molecular formula is C21H24N2O2S. The van der Waals surface area contributed by atoms with Crippen LogP contribution in [0.1, 0.15) is 40.0 Å². The first-order valence-corrected chi connectivity index (χ1v) is 10.2. The smallest absolute Gasteiger partial charge is 0.119 e. The van der Waals surface area contributed by atoms with Gasteiger partial charge in [0, 0.05) is 59.0 Å². The van der Waals surface area contributed by atoms with Crippen LogP contribution in [0.15, 0.2) is 30.3 Å². The van der Waals surface area contributed by atoms with Crippen LogP contribution in [0.4, 0.5) is 0 Å². The fraction of sp³-hybridized carbons (Fsp3) is 0.429. The van der Waals surface area contributed by atoms with Gasteiger partial charge in [-0.1, -0.05) is 0 Å². The van der Waals surface area contributed by atoms with E-state index < -0.39 is 0 Å². The van der Waals surface area contributed by atoms with E-state index in [9.17, 15) is 0 Å². The highest BCUT2D eigenvalue weighted by molar-refractivity contribution is 7.12. The van der Waals surface area contributed by atoms with Crippen molar-refractivity contribution in [2.75, 3.05) is 20.3 Å². The Hall–Kier alpha value is -1.82. The van der Waals surface area contributed by atoms with Crippen molar-refractivity contribution in [2.45, 2.75) is 38.5 Å². The molecule has 0 amide bonds. The van der Waals surface area contributed by atoms with Crippen molar-refractivity contribution < 1.29 is 9.47 Å². The molecule has 0 spiro atoms. The van der Waals surface area contributed by atoms with Crippen molar-refractivity contribution in [3.05, 3.63) is 51.3 Å². The van der Waals surface area contributed by atoms with Crippen LogP contribution >= 0.6 is 11.3 Å². The molecule has 1 N–H and O–H groups in total. The lowest BCUT2D eigenvalue weighted by Gasteiger charge is -2.26. The van der Waals surface area contributed by atoms with Gasteiger partial charge in [-0.05, 0) is 48.7 Å². The highest BCUT2D eigenvalue weighted by Crippen LogP contribution is 2.35. The Balaban J connectivity index is 1.35. The Morgan fingerprint density at radius 1 is 1.31 bits per heavy atom. The summed E-state index contributed by atoms with van der Waals surface area (Å²) in [6.07, 6.45) is 3.78. The summed E-state index contributed by atoms with van der Waals surface area (Å²) < 4.78 is 11.2. The Kier molecular flexibility index (Phi) is 4.23. The molecule has 5 heteroatoms. The fourth-order valence-corrected chi connectivity index (χ4v) is 5.33. The molecule has 2 aromatic heterocycles. The molecule has 2 aliphatic rings. The second-order valence-corrected chi connectivity index (χ2v) is 8.46. The number of ether oxygens (including phenoxy) is 2. The summed E-state index contributed by atoms with van der Waals surface area (Å²) >= 11 is 1.92. The maximum absolute atomic E-state index is 5.83. The van der Waals surface area contributed by atoms with Crippen LogP contribution in [-0.2, 0) is 24.2 Å². The van der Waals surface area contributed by atoms with E-state index in [-0.39, 0.29) is 0 Å². The largest absolute Gasteiger partial charge is 0.497 e. The monoisotopic (exact) mass is 368 g/mol. The summed E-state index contributed by atoms with van der Waals surface area (Å²) in [5, 5.41) is 1.30. The third kappa shape index (κ3) is 2.94. The molecule has 1 fully saturated rings. The number of hydrogen-bond acceptors (Lipinski definition) is 4. The van der Waals surface area contributed by atoms with Gasteiger partial charge in [0.25, 0.3) is 0 Å². The van der Waals surface area contributed by atoms with E-state index in [1.54, 1.807) is 7.11 Å². The lowest BCUT2D eigenvalue weighted by molar-refractivity contribution is 0.114. The molecule has 26 heavy (non-hydrogen) atoms. The number of hydrogen-bond donors (Lipinski definition) is 1. The fourth-order valence-electron chi connectivity index (χ4n) is 4.19. The number of rotatable bonds is 4. The number of H-pyrrole nitrogens is 1. The van der Waals surface area contributed by atoms with Crippen LogP contribution in [-0.4, -0.2) is 30.1 Å². The summed E-state index contributed by atoms with van der Waals surface area (Å²) in [6.45, 7) is 4.03. The molecule has 1 aromatic carbocycles. The molecule has 1 saturated heterocycles. The van der Waals surface area contributed by atoms with E-state index in [0.29, 0.717) is 6.10 Å². The number of nitrogens with zero attached hydrogens (tertiary/aromatic N) is 1. The van der Waals surface area contributed by atoms with Gasteiger partial charge in [0.05, 0.1) is 13.2 Å². The Labute approximate surface area is 157 Å². The van der Waals surface area contributed by atoms with E-state index in [1.807, 2.05) is 17.4 Å². The van der Waals surface area contributed by atoms with Gasteiger partial charge in [0.15, 0.2) is 0 Å². The van der Waals surface area contributed by atoms with Crippen LogP contribution in [0, 0.1) is 0 Å². The minimum absolute atomic E-state index is 0.336. The molecule has 0 saturated carbocycles. The normalized spacial score (nSPS) is 20.6. The number of benzene rings is 1. The third-order valence-electron chi connectivity index (χ3n) is 5.57. The molecule has 0 aliphatic carbocycles. The SMILES string of the molecule is COc1ccc2[nH]c3c(c2c1)CN(Cc1ccc([C@H]2CCCO2)s1)CC3. The molecule has 5 rings (SSSR count). The van der Waals surface area contributed by atoms with Gasteiger partial charge in [-0.15, -0.1) is 11.3 Å². The summed E-state index contributed by atoms with van der Waals surface area (Å²) in [5.74, 6) is 0.927. The number of methoxy groups -OCH3 is 1. The van der Waals surface area contributed by atoms with Crippen LogP contribution in [0.2, 0.25) is 0 Å². The van der Waals surface area contributed by atoms with Crippen LogP contribution in [0.25, 0.3) is 10.9 Å². The topological polar surface area (TPSA) is 37.5 Å². The van der Waals surface area contributed by atoms with Crippen molar-refractivity contribution in [3.8, 4) is 5.75 Å². The molecule has 3 aromatic rings. The highest BCUT2D eigenvalue weighted by atomic mass is 32.1. The molecule has 136 valence electrons. The minimum Gasteiger partial charge on any atom is -0.497 e. The van der Waals surface area contributed by atoms with E-state index in [1.165, 1.54) is 44.8 Å². The predicted octanol–water partition coefficient (Wildman–Crippen LogP) is 4.65. The average Bonchev–Trinajstić information content (AvgIpc) is 3.40. The van der Waals surface area contributed by atoms with Gasteiger partial charge in [0.1, 0.15) is 5.75 Å². The number of fused-ring (bicyclic) bond motifs is 3. The molecule has 0 unspecified atom stereocenters. The van der Waals surface area contributed by atoms with E-state index in [0.717, 1.165) is 38.4 Å². The average molecular weight is 369 g/mol. The van der Waals surface area contributed by atoms with Gasteiger partial charge in [-0.3, -0.25) is 4.90 Å². The molecule has 0 radical (unpaired) electrons. The van der Waals surface area contributed by atoms with Crippen molar-refractivity contribution in [1.82, 2.24) is 9.88 Å². The zero-order valence-electron chi connectivity index (χ0n) is 15.1. The molecule has 2 aliphatic heterocycles. The number of aromatic nitrogens is 1. The number of thiophene rings is 1. The lowest BCUT2D eigenvalue weighted by Crippen LogP contribution is -2.29. The highest BCUT2D eigenvalue weighted by Gasteiger charge is 2.23. The minimum atomic E-state index is 0.336. The maximum Gasteiger partial charge on any atom is 0.119 e. The molecular weight excluding hydrogens is 344 g/mol. The van der Waals surface area contributed by atoms with Gasteiger partial charge in [0.2, 0.25) is 0 Å². The zero-order chi connectivity index (χ0) is 17.5. The van der Waals surface area contributed by atoms with Gasteiger partial charge in [-0.25, -0.2) is 0 Å². The summed E-state index contributed by atoms with van der Waals surface area (Å²) in [6, 6.07) is 10.9. The second kappa shape index (κ2) is 6.72. The van der Waals surface area contributed by atoms with Gasteiger partial charge in [-0.2, -0.15) is 0 Å². The summed E-state index contributed by atoms with van der Waals surface area (Å²) in [7, 11) is 1.73. The second-order valence-electron chi connectivity index (χ2n) is 7.26. The van der Waals surface area contributed by atoms with Gasteiger partial charge >= 0.3 is 0 Å². The Morgan fingerprint density at radius 2 is 2.27 bits per heavy atom. The molecule has 4 heterocycles. The summed E-state index contributed by atoms with van der Waals surface area (Å²) in [4.78, 5) is 8.99. The third-order valence-corrected chi connectivity index (χ3v) is 6.73. The van der Waals surface area contributed by atoms with Crippen molar-refractivity contribution >= 4 is 22.2 Å². The Morgan fingerprint density at radius 3 is 3.12 bits per heavy atom. The zero-order valence-corrected chi connectivity index (χ0v) is 15.9. The first-order chi connectivity index (χ1) is 12.8. The van der Waals surface area contributed by atoms with Crippen LogP contribution in [0.5, 0.6) is 5.75 Å². The van der Waals surface area contributed by atoms with Crippen LogP contribution in [0.3, 0.4) is 0 Å². The predicted molar refractivity (Wildman–Crippen MR) is 105 cm³/mol. The van der Waals surface area contributed by atoms with Crippen LogP contribution < -0.4 is 4.74 Å². The maximum atomic E-state index is 5.83. The quantitative estimate of drug-likeness (QED) is 0.728. The summed E-state index contributed by atoms with van der Waals surface area (Å²) in [5.41, 5.74) is 4.03. The van der Waals surface area contributed by atoms with Crippen molar-refractivity contribution in [3.63, 3.8) is 0 Å². The van der Waals surface area contributed by atoms with E-state index in [2.05, 4.69) is 34.1 Å². The first-order valence-electron chi connectivity index (χ1n) is 9.40. The lowest BCUT2D eigenvalue weighted by atomic mass is 10.0. The van der Waals surface area contributed by atoms with E-state index >= 15 is 0 Å². The first kappa shape index (κ1) is 16.4. The molecule has 1 atom stereocenters. The van der Waals surface area contributed by atoms with E-state index in [4.69, 9.17) is 9.47 Å². The standard InChI is InChI=1S/C21H24N2O2S/c1-24-14-4-6-18-16(11-14)17-13-23(9-8-19(17)22-18)12-15-5-7-21(26-15)20-3-2-10-25-20/h4-7,11,20,22H,2-3,8-10,12-13H2,1H3/t20-/m1/s1. The van der Waals surface area contributed by atoms with Crippen molar-refractivity contribution in [2.24, 2.45) is 0 Å².